The normalized spacial score (nSPS) is 9.64. The highest BCUT2D eigenvalue weighted by Gasteiger charge is 2.13. The Morgan fingerprint density at radius 2 is 2.43 bits per heavy atom. The molecule has 1 rings (SSSR count). The minimum Gasteiger partial charge on any atom is -0.342 e. The number of nitrogens with two attached hydrogens (primary N) is 1. The van der Waals surface area contributed by atoms with Crippen LogP contribution in [0.4, 0.5) is 5.69 Å². The first-order valence-electron chi connectivity index (χ1n) is 4.36. The van der Waals surface area contributed by atoms with Crippen LogP contribution in [-0.2, 0) is 0 Å². The van der Waals surface area contributed by atoms with Gasteiger partial charge in [-0.05, 0) is 13.0 Å². The lowest BCUT2D eigenvalue weighted by atomic mass is 10.2. The Morgan fingerprint density at radius 3 is 3.00 bits per heavy atom. The molecule has 0 atom stereocenters. The first kappa shape index (κ1) is 10.5. The number of nitrogen functional groups attached to an aromatic ring is 1. The summed E-state index contributed by atoms with van der Waals surface area (Å²) in [5, 5.41) is 0. The van der Waals surface area contributed by atoms with Crippen molar-refractivity contribution in [2.24, 2.45) is 5.84 Å². The standard InChI is InChI=1S/C9H14N4O/c1-3-13(2)9(14)7-4-5-11-6-8(7)12-10/h4-6,12H,3,10H2,1-2H3. The minimum atomic E-state index is -0.0668. The molecule has 0 radical (unpaired) electrons. The number of nitrogens with one attached hydrogen (secondary N) is 1. The summed E-state index contributed by atoms with van der Waals surface area (Å²) in [5.74, 6) is 5.20. The van der Waals surface area contributed by atoms with Crippen LogP contribution in [0.15, 0.2) is 18.5 Å². The SMILES string of the molecule is CCN(C)C(=O)c1ccncc1NN. The van der Waals surface area contributed by atoms with Crippen LogP contribution in [0.3, 0.4) is 0 Å². The Morgan fingerprint density at radius 1 is 1.71 bits per heavy atom. The molecule has 0 saturated heterocycles. The second-order valence-electron chi connectivity index (χ2n) is 2.88. The molecule has 1 heterocycles. The molecule has 0 bridgehead atoms. The average molecular weight is 194 g/mol. The fourth-order valence-electron chi connectivity index (χ4n) is 1.05. The van der Waals surface area contributed by atoms with Gasteiger partial charge in [-0.1, -0.05) is 0 Å². The fraction of sp³-hybridized carbons (Fsp3) is 0.333. The maximum absolute atomic E-state index is 11.8. The van der Waals surface area contributed by atoms with Gasteiger partial charge in [0, 0.05) is 19.8 Å². The number of rotatable bonds is 3. The van der Waals surface area contributed by atoms with Crippen molar-refractivity contribution in [2.75, 3.05) is 19.0 Å². The largest absolute Gasteiger partial charge is 0.342 e. The number of carbonyl (C=O) groups excluding carboxylic acids is 1. The third-order valence-corrected chi connectivity index (χ3v) is 2.03. The van der Waals surface area contributed by atoms with Crippen LogP contribution in [0, 0.1) is 0 Å². The van der Waals surface area contributed by atoms with Gasteiger partial charge in [-0.25, -0.2) is 0 Å². The fourth-order valence-corrected chi connectivity index (χ4v) is 1.05. The van der Waals surface area contributed by atoms with Crippen molar-refractivity contribution in [1.82, 2.24) is 9.88 Å². The summed E-state index contributed by atoms with van der Waals surface area (Å²) < 4.78 is 0. The van der Waals surface area contributed by atoms with E-state index in [1.54, 1.807) is 24.2 Å². The molecule has 1 aromatic rings. The third kappa shape index (κ3) is 2.00. The molecule has 0 spiro atoms. The molecule has 0 saturated carbocycles. The van der Waals surface area contributed by atoms with E-state index in [2.05, 4.69) is 10.4 Å². The van der Waals surface area contributed by atoms with Gasteiger partial charge in [0.2, 0.25) is 0 Å². The zero-order chi connectivity index (χ0) is 10.6. The molecule has 0 aromatic carbocycles. The van der Waals surface area contributed by atoms with E-state index in [1.807, 2.05) is 6.92 Å². The van der Waals surface area contributed by atoms with E-state index < -0.39 is 0 Å². The summed E-state index contributed by atoms with van der Waals surface area (Å²) in [4.78, 5) is 17.2. The van der Waals surface area contributed by atoms with Crippen molar-refractivity contribution in [2.45, 2.75) is 6.92 Å². The number of hydrogen-bond acceptors (Lipinski definition) is 4. The van der Waals surface area contributed by atoms with Gasteiger partial charge in [0.15, 0.2) is 0 Å². The molecule has 1 aromatic heterocycles. The topological polar surface area (TPSA) is 71.2 Å². The van der Waals surface area contributed by atoms with Gasteiger partial charge >= 0.3 is 0 Å². The molecule has 3 N–H and O–H groups in total. The predicted molar refractivity (Wildman–Crippen MR) is 54.7 cm³/mol. The molecule has 5 nitrogen and oxygen atoms in total. The minimum absolute atomic E-state index is 0.0668. The van der Waals surface area contributed by atoms with Crippen molar-refractivity contribution < 1.29 is 4.79 Å². The van der Waals surface area contributed by atoms with Crippen molar-refractivity contribution in [1.29, 1.82) is 0 Å². The van der Waals surface area contributed by atoms with Gasteiger partial charge in [0.1, 0.15) is 0 Å². The molecular formula is C9H14N4O. The molecule has 5 heteroatoms. The highest BCUT2D eigenvalue weighted by Crippen LogP contribution is 2.13. The maximum atomic E-state index is 11.8. The number of nitrogens with zero attached hydrogens (tertiary/aromatic N) is 2. The Balaban J connectivity index is 3.00. The van der Waals surface area contributed by atoms with E-state index in [1.165, 1.54) is 6.20 Å². The van der Waals surface area contributed by atoms with Crippen LogP contribution in [0.5, 0.6) is 0 Å². The Labute approximate surface area is 82.9 Å². The van der Waals surface area contributed by atoms with Gasteiger partial charge in [-0.3, -0.25) is 15.6 Å². The average Bonchev–Trinajstić information content (AvgIpc) is 2.26. The zero-order valence-electron chi connectivity index (χ0n) is 8.32. The molecule has 0 aliphatic carbocycles. The third-order valence-electron chi connectivity index (χ3n) is 2.03. The summed E-state index contributed by atoms with van der Waals surface area (Å²) in [6.07, 6.45) is 3.09. The van der Waals surface area contributed by atoms with E-state index >= 15 is 0 Å². The van der Waals surface area contributed by atoms with Gasteiger partial charge < -0.3 is 10.3 Å². The molecule has 0 unspecified atom stereocenters. The van der Waals surface area contributed by atoms with E-state index in [0.717, 1.165) is 0 Å². The van der Waals surface area contributed by atoms with Crippen molar-refractivity contribution in [3.63, 3.8) is 0 Å². The second kappa shape index (κ2) is 4.57. The lowest BCUT2D eigenvalue weighted by Gasteiger charge is -2.16. The Kier molecular flexibility index (Phi) is 3.41. The quantitative estimate of drug-likeness (QED) is 0.541. The number of amides is 1. The van der Waals surface area contributed by atoms with Crippen molar-refractivity contribution >= 4 is 11.6 Å². The summed E-state index contributed by atoms with van der Waals surface area (Å²) in [5.41, 5.74) is 3.52. The lowest BCUT2D eigenvalue weighted by molar-refractivity contribution is 0.0803. The number of hydrazine groups is 1. The van der Waals surface area contributed by atoms with Crippen LogP contribution in [0.25, 0.3) is 0 Å². The zero-order valence-corrected chi connectivity index (χ0v) is 8.32. The number of anilines is 1. The molecular weight excluding hydrogens is 180 g/mol. The number of hydrogen-bond donors (Lipinski definition) is 2. The Hall–Kier alpha value is -1.62. The monoisotopic (exact) mass is 194 g/mol. The van der Waals surface area contributed by atoms with E-state index in [4.69, 9.17) is 5.84 Å². The Bertz CT molecular complexity index is 326. The van der Waals surface area contributed by atoms with Crippen molar-refractivity contribution in [3.8, 4) is 0 Å². The molecule has 0 aliphatic rings. The highest BCUT2D eigenvalue weighted by atomic mass is 16.2. The van der Waals surface area contributed by atoms with E-state index in [-0.39, 0.29) is 5.91 Å². The first-order chi connectivity index (χ1) is 6.70. The van der Waals surface area contributed by atoms with Crippen LogP contribution < -0.4 is 11.3 Å². The van der Waals surface area contributed by atoms with Gasteiger partial charge in [-0.2, -0.15) is 0 Å². The van der Waals surface area contributed by atoms with Crippen LogP contribution in [-0.4, -0.2) is 29.4 Å². The highest BCUT2D eigenvalue weighted by molar-refractivity contribution is 5.99. The van der Waals surface area contributed by atoms with Gasteiger partial charge in [0.05, 0.1) is 17.4 Å². The van der Waals surface area contributed by atoms with E-state index in [9.17, 15) is 4.79 Å². The number of carbonyl (C=O) groups is 1. The number of aromatic nitrogens is 1. The van der Waals surface area contributed by atoms with Crippen LogP contribution in [0.2, 0.25) is 0 Å². The molecule has 1 amide bonds. The molecule has 76 valence electrons. The first-order valence-corrected chi connectivity index (χ1v) is 4.36. The van der Waals surface area contributed by atoms with Gasteiger partial charge in [-0.15, -0.1) is 0 Å². The summed E-state index contributed by atoms with van der Waals surface area (Å²) in [6.45, 7) is 2.57. The lowest BCUT2D eigenvalue weighted by Crippen LogP contribution is -2.27. The van der Waals surface area contributed by atoms with Crippen molar-refractivity contribution in [3.05, 3.63) is 24.0 Å². The summed E-state index contributed by atoms with van der Waals surface area (Å²) in [6, 6.07) is 1.64. The molecule has 0 fully saturated rings. The second-order valence-corrected chi connectivity index (χ2v) is 2.88. The van der Waals surface area contributed by atoms with Crippen LogP contribution >= 0.6 is 0 Å². The summed E-state index contributed by atoms with van der Waals surface area (Å²) >= 11 is 0. The number of pyridine rings is 1. The maximum Gasteiger partial charge on any atom is 0.255 e. The molecule has 0 aliphatic heterocycles. The van der Waals surface area contributed by atoms with E-state index in [0.29, 0.717) is 17.8 Å². The van der Waals surface area contributed by atoms with Crippen LogP contribution in [0.1, 0.15) is 17.3 Å². The van der Waals surface area contributed by atoms with Gasteiger partial charge in [0.25, 0.3) is 5.91 Å². The predicted octanol–water partition coefficient (Wildman–Crippen LogP) is 0.459. The smallest absolute Gasteiger partial charge is 0.255 e. The summed E-state index contributed by atoms with van der Waals surface area (Å²) in [7, 11) is 1.74. The molecule has 14 heavy (non-hydrogen) atoms.